The Balaban J connectivity index is 1.37. The molecule has 0 spiro atoms. The number of morpholine rings is 1. The Morgan fingerprint density at radius 2 is 1.76 bits per heavy atom. The largest absolute Gasteiger partial charge is 0.491 e. The van der Waals surface area contributed by atoms with Gasteiger partial charge >= 0.3 is 0 Å². The first-order chi connectivity index (χ1) is 20.3. The Bertz CT molecular complexity index is 1500. The van der Waals surface area contributed by atoms with Crippen LogP contribution in [0.1, 0.15) is 19.2 Å². The minimum Gasteiger partial charge on any atom is -0.491 e. The molecule has 1 fully saturated rings. The van der Waals surface area contributed by atoms with Gasteiger partial charge in [0, 0.05) is 32.7 Å². The van der Waals surface area contributed by atoms with E-state index in [1.165, 1.54) is 9.47 Å². The quantitative estimate of drug-likeness (QED) is 0.275. The number of benzene rings is 2. The summed E-state index contributed by atoms with van der Waals surface area (Å²) in [6, 6.07) is 16.8. The highest BCUT2D eigenvalue weighted by Crippen LogP contribution is 2.29. The lowest BCUT2D eigenvalue weighted by atomic mass is 10.2. The number of para-hydroxylation sites is 3. The van der Waals surface area contributed by atoms with Crippen LogP contribution in [0, 0.1) is 0 Å². The van der Waals surface area contributed by atoms with E-state index >= 15 is 0 Å². The van der Waals surface area contributed by atoms with Crippen molar-refractivity contribution in [3.8, 4) is 11.6 Å². The number of hydrogen-bond acceptors (Lipinski definition) is 9. The fourth-order valence-corrected chi connectivity index (χ4v) is 4.74. The van der Waals surface area contributed by atoms with Gasteiger partial charge in [0.1, 0.15) is 36.1 Å². The van der Waals surface area contributed by atoms with Crippen LogP contribution in [-0.4, -0.2) is 94.1 Å². The van der Waals surface area contributed by atoms with Crippen molar-refractivity contribution in [2.45, 2.75) is 25.5 Å². The molecule has 4 aromatic rings. The number of fused-ring (bicyclic) bond motifs is 1. The van der Waals surface area contributed by atoms with E-state index in [1.807, 2.05) is 23.1 Å². The lowest BCUT2D eigenvalue weighted by Gasteiger charge is -2.29. The molecule has 1 aliphatic rings. The molecule has 0 aliphatic carbocycles. The standard InChI is InChI=1S/C29H33F2N7O4/c1-19(28(40)36(2)17-20(39)18-42-21-8-4-3-5-9-21)32-29-34-24(37-12-14-41-15-13-37)16-25(35-29)38-23-11-7-6-10-22(23)33-27(38)26(30)31/h3-11,16,19-20,26,39H,12-15,17-18H2,1-2H3,(H,32,34,35)/t19-,20?/m0/s1. The highest BCUT2D eigenvalue weighted by molar-refractivity contribution is 5.84. The molecule has 1 amide bonds. The minimum atomic E-state index is -2.85. The number of aliphatic hydroxyl groups excluding tert-OH is 1. The van der Waals surface area contributed by atoms with Crippen LogP contribution in [0.4, 0.5) is 20.5 Å². The highest BCUT2D eigenvalue weighted by Gasteiger charge is 2.25. The summed E-state index contributed by atoms with van der Waals surface area (Å²) in [5.74, 6) is 0.648. The second kappa shape index (κ2) is 13.1. The van der Waals surface area contributed by atoms with Crippen LogP contribution in [0.25, 0.3) is 16.9 Å². The van der Waals surface area contributed by atoms with Crippen molar-refractivity contribution < 1.29 is 28.2 Å². The molecule has 3 heterocycles. The van der Waals surface area contributed by atoms with Gasteiger partial charge in [0.2, 0.25) is 11.9 Å². The molecule has 2 aromatic heterocycles. The average molecular weight is 582 g/mol. The van der Waals surface area contributed by atoms with E-state index < -0.39 is 24.4 Å². The van der Waals surface area contributed by atoms with Crippen LogP contribution >= 0.6 is 0 Å². The average Bonchev–Trinajstić information content (AvgIpc) is 3.41. The number of aromatic nitrogens is 4. The molecular weight excluding hydrogens is 548 g/mol. The predicted molar refractivity (Wildman–Crippen MR) is 153 cm³/mol. The number of rotatable bonds is 11. The van der Waals surface area contributed by atoms with Crippen molar-refractivity contribution >= 4 is 28.7 Å². The Labute approximate surface area is 241 Å². The molecule has 0 bridgehead atoms. The van der Waals surface area contributed by atoms with Gasteiger partial charge in [-0.05, 0) is 31.2 Å². The molecule has 2 atom stereocenters. The second-order valence-electron chi connectivity index (χ2n) is 9.96. The van der Waals surface area contributed by atoms with E-state index in [4.69, 9.17) is 9.47 Å². The Hall–Kier alpha value is -4.36. The van der Waals surface area contributed by atoms with Gasteiger partial charge in [0.15, 0.2) is 5.82 Å². The maximum absolute atomic E-state index is 14.1. The van der Waals surface area contributed by atoms with Crippen molar-refractivity contribution in [2.75, 3.05) is 56.7 Å². The van der Waals surface area contributed by atoms with E-state index in [0.717, 1.165) is 0 Å². The van der Waals surface area contributed by atoms with Crippen molar-refractivity contribution in [3.63, 3.8) is 0 Å². The number of alkyl halides is 2. The number of halogens is 2. The van der Waals surface area contributed by atoms with Crippen molar-refractivity contribution in [2.24, 2.45) is 0 Å². The van der Waals surface area contributed by atoms with Crippen molar-refractivity contribution in [1.82, 2.24) is 24.4 Å². The maximum atomic E-state index is 14.1. The number of anilines is 2. The van der Waals surface area contributed by atoms with E-state index in [2.05, 4.69) is 20.3 Å². The molecule has 5 rings (SSSR count). The Morgan fingerprint density at radius 3 is 2.50 bits per heavy atom. The fourth-order valence-electron chi connectivity index (χ4n) is 4.74. The molecule has 2 N–H and O–H groups in total. The van der Waals surface area contributed by atoms with Gasteiger partial charge < -0.3 is 29.7 Å². The van der Waals surface area contributed by atoms with Crippen LogP contribution in [0.5, 0.6) is 5.75 Å². The summed E-state index contributed by atoms with van der Waals surface area (Å²) in [5, 5.41) is 13.5. The number of likely N-dealkylation sites (N-methyl/N-ethyl adjacent to an activating group) is 1. The van der Waals surface area contributed by atoms with Gasteiger partial charge in [0.25, 0.3) is 6.43 Å². The predicted octanol–water partition coefficient (Wildman–Crippen LogP) is 3.29. The fraction of sp³-hybridized carbons (Fsp3) is 0.379. The van der Waals surface area contributed by atoms with Crippen LogP contribution in [0.2, 0.25) is 0 Å². The summed E-state index contributed by atoms with van der Waals surface area (Å²) in [4.78, 5) is 29.8. The first kappa shape index (κ1) is 29.1. The summed E-state index contributed by atoms with van der Waals surface area (Å²) in [7, 11) is 1.58. The number of amides is 1. The topological polar surface area (TPSA) is 118 Å². The SMILES string of the molecule is C[C@H](Nc1nc(N2CCOCC2)cc(-n2c(C(F)F)nc3ccccc32)n1)C(=O)N(C)CC(O)COc1ccccc1. The van der Waals surface area contributed by atoms with Gasteiger partial charge in [-0.2, -0.15) is 9.97 Å². The molecule has 1 unspecified atom stereocenters. The zero-order chi connectivity index (χ0) is 29.6. The number of aliphatic hydroxyl groups is 1. The summed E-state index contributed by atoms with van der Waals surface area (Å²) >= 11 is 0. The van der Waals surface area contributed by atoms with Gasteiger partial charge in [-0.25, -0.2) is 13.8 Å². The number of carbonyl (C=O) groups is 1. The van der Waals surface area contributed by atoms with Crippen LogP contribution in [-0.2, 0) is 9.53 Å². The Morgan fingerprint density at radius 1 is 1.07 bits per heavy atom. The van der Waals surface area contributed by atoms with Crippen LogP contribution in [0.15, 0.2) is 60.7 Å². The van der Waals surface area contributed by atoms with E-state index in [9.17, 15) is 18.7 Å². The second-order valence-corrected chi connectivity index (χ2v) is 9.96. The zero-order valence-corrected chi connectivity index (χ0v) is 23.4. The number of carbonyl (C=O) groups excluding carboxylic acids is 1. The summed E-state index contributed by atoms with van der Waals surface area (Å²) in [6.07, 6.45) is -3.76. The highest BCUT2D eigenvalue weighted by atomic mass is 19.3. The summed E-state index contributed by atoms with van der Waals surface area (Å²) in [5.41, 5.74) is 0.884. The molecule has 1 saturated heterocycles. The van der Waals surface area contributed by atoms with Crippen LogP contribution in [0.3, 0.4) is 0 Å². The summed E-state index contributed by atoms with van der Waals surface area (Å²) in [6.45, 7) is 3.81. The van der Waals surface area contributed by atoms with Gasteiger partial charge in [-0.15, -0.1) is 0 Å². The first-order valence-corrected chi connectivity index (χ1v) is 13.6. The number of nitrogens with zero attached hydrogens (tertiary/aromatic N) is 6. The van der Waals surface area contributed by atoms with E-state index in [0.29, 0.717) is 48.9 Å². The molecule has 2 aromatic carbocycles. The lowest BCUT2D eigenvalue weighted by Crippen LogP contribution is -2.44. The molecule has 13 heteroatoms. The third-order valence-corrected chi connectivity index (χ3v) is 6.81. The number of imidazole rings is 1. The third-order valence-electron chi connectivity index (χ3n) is 6.81. The van der Waals surface area contributed by atoms with Gasteiger partial charge in [-0.1, -0.05) is 30.3 Å². The molecule has 222 valence electrons. The smallest absolute Gasteiger partial charge is 0.296 e. The summed E-state index contributed by atoms with van der Waals surface area (Å²) < 4.78 is 40.6. The molecular formula is C29H33F2N7O4. The zero-order valence-electron chi connectivity index (χ0n) is 23.4. The molecule has 0 radical (unpaired) electrons. The number of nitrogens with one attached hydrogen (secondary N) is 1. The van der Waals surface area contributed by atoms with E-state index in [1.54, 1.807) is 56.4 Å². The first-order valence-electron chi connectivity index (χ1n) is 13.6. The lowest BCUT2D eigenvalue weighted by molar-refractivity contribution is -0.131. The van der Waals surface area contributed by atoms with Gasteiger partial charge in [0.05, 0.1) is 24.2 Å². The molecule has 42 heavy (non-hydrogen) atoms. The van der Waals surface area contributed by atoms with Crippen molar-refractivity contribution in [3.05, 3.63) is 66.5 Å². The minimum absolute atomic E-state index is 0.0167. The van der Waals surface area contributed by atoms with Gasteiger partial charge in [-0.3, -0.25) is 9.36 Å². The maximum Gasteiger partial charge on any atom is 0.296 e. The normalized spacial score (nSPS) is 15.0. The molecule has 1 aliphatic heterocycles. The van der Waals surface area contributed by atoms with Crippen LogP contribution < -0.4 is 15.0 Å². The number of ether oxygens (including phenoxy) is 2. The molecule has 11 nitrogen and oxygen atoms in total. The number of hydrogen-bond donors (Lipinski definition) is 2. The molecule has 0 saturated carbocycles. The van der Waals surface area contributed by atoms with Crippen molar-refractivity contribution in [1.29, 1.82) is 0 Å². The monoisotopic (exact) mass is 581 g/mol. The Kier molecular flexibility index (Phi) is 9.08. The third kappa shape index (κ3) is 6.74. The van der Waals surface area contributed by atoms with E-state index in [-0.39, 0.29) is 30.8 Å².